The average molecular weight is 369 g/mol. The van der Waals surface area contributed by atoms with Gasteiger partial charge in [-0.3, -0.25) is 9.48 Å². The van der Waals surface area contributed by atoms with Crippen LogP contribution < -0.4 is 0 Å². The summed E-state index contributed by atoms with van der Waals surface area (Å²) in [7, 11) is -3.59. The molecule has 2 aliphatic rings. The van der Waals surface area contributed by atoms with Gasteiger partial charge >= 0.3 is 0 Å². The lowest BCUT2D eigenvalue weighted by molar-refractivity contribution is -0.145. The maximum absolute atomic E-state index is 12.9. The van der Waals surface area contributed by atoms with Crippen molar-refractivity contribution in [1.29, 1.82) is 0 Å². The topological polar surface area (TPSA) is 75.5 Å². The number of nitrogens with zero attached hydrogens (tertiary/aromatic N) is 4. The Labute approximate surface area is 150 Å². The van der Waals surface area contributed by atoms with Crippen molar-refractivity contribution in [2.45, 2.75) is 57.4 Å². The second-order valence-electron chi connectivity index (χ2n) is 7.20. The molecular weight excluding hydrogens is 340 g/mol. The van der Waals surface area contributed by atoms with Crippen LogP contribution in [0.5, 0.6) is 0 Å². The molecular formula is C17H28N4O3S. The normalized spacial score (nSPS) is 25.2. The van der Waals surface area contributed by atoms with Gasteiger partial charge in [-0.2, -0.15) is 9.40 Å². The number of likely N-dealkylation sites (tertiary alicyclic amines) is 1. The van der Waals surface area contributed by atoms with Gasteiger partial charge in [0.15, 0.2) is 0 Å². The first-order valence-electron chi connectivity index (χ1n) is 9.25. The molecule has 0 aliphatic carbocycles. The highest BCUT2D eigenvalue weighted by Gasteiger charge is 2.50. The van der Waals surface area contributed by atoms with E-state index in [1.165, 1.54) is 10.5 Å². The van der Waals surface area contributed by atoms with Crippen molar-refractivity contribution >= 4 is 15.9 Å². The first kappa shape index (κ1) is 18.4. The van der Waals surface area contributed by atoms with Crippen molar-refractivity contribution in [2.24, 2.45) is 5.41 Å². The Morgan fingerprint density at radius 2 is 1.92 bits per heavy atom. The van der Waals surface area contributed by atoms with Gasteiger partial charge in [-0.1, -0.05) is 13.8 Å². The van der Waals surface area contributed by atoms with E-state index in [9.17, 15) is 13.2 Å². The van der Waals surface area contributed by atoms with E-state index in [0.29, 0.717) is 26.1 Å². The molecule has 1 aromatic heterocycles. The second kappa shape index (κ2) is 7.07. The number of carbonyl (C=O) groups excluding carboxylic acids is 1. The highest BCUT2D eigenvalue weighted by molar-refractivity contribution is 7.89. The summed E-state index contributed by atoms with van der Waals surface area (Å²) < 4.78 is 29.0. The smallest absolute Gasteiger partial charge is 0.246 e. The highest BCUT2D eigenvalue weighted by atomic mass is 32.2. The van der Waals surface area contributed by atoms with Crippen LogP contribution in [0, 0.1) is 5.41 Å². The molecule has 0 bridgehead atoms. The first-order chi connectivity index (χ1) is 11.9. The molecule has 0 saturated carbocycles. The maximum Gasteiger partial charge on any atom is 0.246 e. The minimum atomic E-state index is -3.59. The van der Waals surface area contributed by atoms with Crippen LogP contribution in [-0.4, -0.2) is 59.5 Å². The number of piperidine rings is 1. The number of sulfonamides is 1. The van der Waals surface area contributed by atoms with Gasteiger partial charge in [0.1, 0.15) is 4.90 Å². The summed E-state index contributed by atoms with van der Waals surface area (Å²) in [4.78, 5) is 15.1. The van der Waals surface area contributed by atoms with Crippen LogP contribution in [-0.2, 0) is 21.4 Å². The molecule has 2 saturated heterocycles. The molecule has 0 N–H and O–H groups in total. The highest BCUT2D eigenvalue weighted by Crippen LogP contribution is 2.41. The molecule has 7 nitrogen and oxygen atoms in total. The Morgan fingerprint density at radius 1 is 1.16 bits per heavy atom. The van der Waals surface area contributed by atoms with E-state index in [-0.39, 0.29) is 10.8 Å². The van der Waals surface area contributed by atoms with Crippen LogP contribution in [0.1, 0.15) is 46.0 Å². The van der Waals surface area contributed by atoms with Crippen molar-refractivity contribution in [2.75, 3.05) is 26.2 Å². The van der Waals surface area contributed by atoms with Gasteiger partial charge in [-0.15, -0.1) is 0 Å². The number of hydrogen-bond donors (Lipinski definition) is 0. The molecule has 8 heteroatoms. The van der Waals surface area contributed by atoms with E-state index in [1.54, 1.807) is 10.9 Å². The van der Waals surface area contributed by atoms with E-state index >= 15 is 0 Å². The number of aromatic nitrogens is 2. The fraction of sp³-hybridized carbons (Fsp3) is 0.765. The van der Waals surface area contributed by atoms with Crippen LogP contribution >= 0.6 is 0 Å². The molecule has 1 amide bonds. The molecule has 25 heavy (non-hydrogen) atoms. The quantitative estimate of drug-likeness (QED) is 0.766. The van der Waals surface area contributed by atoms with Gasteiger partial charge in [-0.25, -0.2) is 8.42 Å². The zero-order chi connectivity index (χ0) is 18.1. The minimum Gasteiger partial charge on any atom is -0.342 e. The predicted molar refractivity (Wildman–Crippen MR) is 94.4 cm³/mol. The van der Waals surface area contributed by atoms with Crippen molar-refractivity contribution in [1.82, 2.24) is 19.0 Å². The molecule has 140 valence electrons. The largest absolute Gasteiger partial charge is 0.342 e. The third-order valence-corrected chi connectivity index (χ3v) is 7.13. The van der Waals surface area contributed by atoms with Crippen LogP contribution in [0.15, 0.2) is 17.3 Å². The zero-order valence-electron chi connectivity index (χ0n) is 15.1. The molecule has 1 atom stereocenters. The van der Waals surface area contributed by atoms with Crippen molar-refractivity contribution < 1.29 is 13.2 Å². The van der Waals surface area contributed by atoms with Crippen LogP contribution in [0.4, 0.5) is 0 Å². The summed E-state index contributed by atoms with van der Waals surface area (Å²) in [6.07, 6.45) is 7.20. The first-order valence-corrected chi connectivity index (χ1v) is 10.7. The van der Waals surface area contributed by atoms with Crippen LogP contribution in [0.3, 0.4) is 0 Å². The van der Waals surface area contributed by atoms with E-state index in [0.717, 1.165) is 38.8 Å². The van der Waals surface area contributed by atoms with E-state index in [2.05, 4.69) is 12.0 Å². The van der Waals surface area contributed by atoms with Crippen molar-refractivity contribution in [3.8, 4) is 0 Å². The predicted octanol–water partition coefficient (Wildman–Crippen LogP) is 1.71. The maximum atomic E-state index is 12.9. The lowest BCUT2D eigenvalue weighted by Gasteiger charge is -2.39. The summed E-state index contributed by atoms with van der Waals surface area (Å²) >= 11 is 0. The molecule has 0 aromatic carbocycles. The van der Waals surface area contributed by atoms with Gasteiger partial charge < -0.3 is 4.90 Å². The fourth-order valence-electron chi connectivity index (χ4n) is 4.03. The molecule has 3 heterocycles. The molecule has 0 radical (unpaired) electrons. The monoisotopic (exact) mass is 368 g/mol. The summed E-state index contributed by atoms with van der Waals surface area (Å²) in [5.41, 5.74) is -0.528. The minimum absolute atomic E-state index is 0.139. The summed E-state index contributed by atoms with van der Waals surface area (Å²) in [5.74, 6) is 0.139. The third kappa shape index (κ3) is 3.33. The van der Waals surface area contributed by atoms with Gasteiger partial charge in [0.2, 0.25) is 15.9 Å². The number of aryl methyl sites for hydroxylation is 1. The summed E-state index contributed by atoms with van der Waals surface area (Å²) in [6, 6.07) is 0. The number of carbonyl (C=O) groups is 1. The van der Waals surface area contributed by atoms with Gasteiger partial charge in [-0.05, 0) is 32.1 Å². The number of rotatable bonds is 6. The lowest BCUT2D eigenvalue weighted by Crippen LogP contribution is -2.50. The van der Waals surface area contributed by atoms with Crippen LogP contribution in [0.25, 0.3) is 0 Å². The fourth-order valence-corrected chi connectivity index (χ4v) is 5.51. The molecule has 2 aliphatic heterocycles. The van der Waals surface area contributed by atoms with Gasteiger partial charge in [0, 0.05) is 38.9 Å². The molecule has 0 unspecified atom stereocenters. The Balaban J connectivity index is 1.78. The van der Waals surface area contributed by atoms with Crippen LogP contribution in [0.2, 0.25) is 0 Å². The molecule has 2 fully saturated rings. The average Bonchev–Trinajstić information content (AvgIpc) is 3.21. The van der Waals surface area contributed by atoms with Gasteiger partial charge in [0.25, 0.3) is 0 Å². The van der Waals surface area contributed by atoms with Crippen molar-refractivity contribution in [3.05, 3.63) is 12.4 Å². The lowest BCUT2D eigenvalue weighted by atomic mass is 9.78. The SMILES string of the molecule is CCCN1CCC[C@]2(CCN(S(=O)(=O)c3cnn(CCC)c3)C2)C1=O. The molecule has 3 rings (SSSR count). The van der Waals surface area contributed by atoms with Gasteiger partial charge in [0.05, 0.1) is 11.6 Å². The summed E-state index contributed by atoms with van der Waals surface area (Å²) in [5, 5.41) is 4.13. The van der Waals surface area contributed by atoms with Crippen molar-refractivity contribution in [3.63, 3.8) is 0 Å². The molecule has 1 aromatic rings. The number of amides is 1. The second-order valence-corrected chi connectivity index (χ2v) is 9.14. The standard InChI is InChI=1S/C17H28N4O3S/c1-3-8-19-10-5-6-17(16(19)22)7-11-21(14-17)25(23,24)15-12-18-20(13-15)9-4-2/h12-13H,3-11,14H2,1-2H3/t17-/m1/s1. The number of hydrogen-bond acceptors (Lipinski definition) is 4. The Kier molecular flexibility index (Phi) is 5.20. The Morgan fingerprint density at radius 3 is 2.64 bits per heavy atom. The molecule has 1 spiro atoms. The van der Waals surface area contributed by atoms with E-state index in [1.807, 2.05) is 11.8 Å². The third-order valence-electron chi connectivity index (χ3n) is 5.34. The Bertz CT molecular complexity index is 728. The zero-order valence-corrected chi connectivity index (χ0v) is 16.0. The summed E-state index contributed by atoms with van der Waals surface area (Å²) in [6.45, 7) is 7.05. The Hall–Kier alpha value is -1.41. The van der Waals surface area contributed by atoms with E-state index in [4.69, 9.17) is 0 Å². The van der Waals surface area contributed by atoms with E-state index < -0.39 is 15.4 Å².